The van der Waals surface area contributed by atoms with Gasteiger partial charge in [-0.2, -0.15) is 5.10 Å². The summed E-state index contributed by atoms with van der Waals surface area (Å²) in [5.74, 6) is -3.70. The molecule has 2 aromatic carbocycles. The minimum atomic E-state index is -1.21. The van der Waals surface area contributed by atoms with Crippen LogP contribution >= 0.6 is 11.8 Å². The molecule has 0 bridgehead atoms. The van der Waals surface area contributed by atoms with Gasteiger partial charge in [0.1, 0.15) is 35.5 Å². The maximum absolute atomic E-state index is 13.3. The Morgan fingerprint density at radius 1 is 1.17 bits per heavy atom. The fraction of sp³-hybridized carbons (Fsp3) is 0.286. The zero-order valence-electron chi connectivity index (χ0n) is 22.2. The van der Waals surface area contributed by atoms with E-state index in [1.807, 2.05) is 0 Å². The number of rotatable bonds is 10. The third-order valence-corrected chi connectivity index (χ3v) is 8.28. The third-order valence-electron chi connectivity index (χ3n) is 6.71. The predicted molar refractivity (Wildman–Crippen MR) is 151 cm³/mol. The molecule has 214 valence electrons. The molecule has 2 aliphatic rings. The lowest BCUT2D eigenvalue weighted by Crippen LogP contribution is -2.71. The number of nitrogens with zero attached hydrogens (tertiary/aromatic N) is 2. The number of hydrogen-bond donors (Lipinski definition) is 5. The molecule has 2 aromatic rings. The number of allylic oxidation sites excluding steroid dienone is 1. The second-order valence-corrected chi connectivity index (χ2v) is 11.7. The summed E-state index contributed by atoms with van der Waals surface area (Å²) in [6, 6.07) is 9.39. The molecule has 2 saturated heterocycles. The largest absolute Gasteiger partial charge is 0.508 e. The SMILES string of the molecule is C=CCc1cc(C(=O)N/N=C/C(=O)NC(C(=O)NC2C(=O)N3[C@@H]2SC(C)(C)[C@@H]3C(=O)O)c2ccccc2)ccc1O. The molecule has 0 aliphatic carbocycles. The highest BCUT2D eigenvalue weighted by atomic mass is 32.2. The normalized spacial score (nSPS) is 21.4. The van der Waals surface area contributed by atoms with Gasteiger partial charge >= 0.3 is 5.97 Å². The van der Waals surface area contributed by atoms with Crippen LogP contribution in [0.15, 0.2) is 66.3 Å². The monoisotopic (exact) mass is 579 g/mol. The Kier molecular flexibility index (Phi) is 8.47. The summed E-state index contributed by atoms with van der Waals surface area (Å²) >= 11 is 1.29. The van der Waals surface area contributed by atoms with Crippen LogP contribution in [-0.4, -0.2) is 73.1 Å². The van der Waals surface area contributed by atoms with E-state index >= 15 is 0 Å². The van der Waals surface area contributed by atoms with Crippen LogP contribution < -0.4 is 16.1 Å². The number of amides is 4. The van der Waals surface area contributed by atoms with E-state index in [9.17, 15) is 34.2 Å². The van der Waals surface area contributed by atoms with Crippen molar-refractivity contribution in [2.24, 2.45) is 5.10 Å². The number of aliphatic carboxylic acids is 1. The number of carboxylic acids is 1. The van der Waals surface area contributed by atoms with Crippen LogP contribution in [0.4, 0.5) is 0 Å². The number of thioether (sulfide) groups is 1. The number of β-lactam (4-membered cyclic amide) rings is 1. The summed E-state index contributed by atoms with van der Waals surface area (Å²) in [5.41, 5.74) is 3.36. The first-order chi connectivity index (χ1) is 19.4. The average Bonchev–Trinajstić information content (AvgIpc) is 3.19. The van der Waals surface area contributed by atoms with Crippen molar-refractivity contribution in [3.05, 3.63) is 77.9 Å². The molecule has 4 amide bonds. The highest BCUT2D eigenvalue weighted by Gasteiger charge is 2.64. The smallest absolute Gasteiger partial charge is 0.327 e. The Bertz CT molecular complexity index is 1430. The fourth-order valence-corrected chi connectivity index (χ4v) is 6.39. The van der Waals surface area contributed by atoms with E-state index in [-0.39, 0.29) is 11.3 Å². The first-order valence-electron chi connectivity index (χ1n) is 12.6. The Morgan fingerprint density at radius 3 is 2.54 bits per heavy atom. The molecular formula is C28H29N5O7S. The van der Waals surface area contributed by atoms with Crippen molar-refractivity contribution in [3.63, 3.8) is 0 Å². The van der Waals surface area contributed by atoms with Gasteiger partial charge in [0, 0.05) is 10.3 Å². The topological polar surface area (TPSA) is 177 Å². The summed E-state index contributed by atoms with van der Waals surface area (Å²) in [5, 5.41) is 27.8. The minimum Gasteiger partial charge on any atom is -0.508 e. The van der Waals surface area contributed by atoms with E-state index in [4.69, 9.17) is 0 Å². The Morgan fingerprint density at radius 2 is 1.88 bits per heavy atom. The molecule has 0 saturated carbocycles. The number of phenols is 1. The van der Waals surface area contributed by atoms with Crippen LogP contribution in [0.5, 0.6) is 5.75 Å². The van der Waals surface area contributed by atoms with E-state index in [0.29, 0.717) is 17.5 Å². The van der Waals surface area contributed by atoms with Gasteiger partial charge in [-0.15, -0.1) is 18.3 Å². The van der Waals surface area contributed by atoms with Gasteiger partial charge in [-0.25, -0.2) is 10.2 Å². The van der Waals surface area contributed by atoms with E-state index in [2.05, 4.69) is 27.7 Å². The molecule has 2 fully saturated rings. The van der Waals surface area contributed by atoms with Gasteiger partial charge in [-0.1, -0.05) is 36.4 Å². The van der Waals surface area contributed by atoms with Gasteiger partial charge in [-0.05, 0) is 49.6 Å². The van der Waals surface area contributed by atoms with Crippen molar-refractivity contribution in [2.75, 3.05) is 0 Å². The molecule has 0 aromatic heterocycles. The van der Waals surface area contributed by atoms with Gasteiger partial charge < -0.3 is 25.7 Å². The van der Waals surface area contributed by atoms with Crippen LogP contribution in [-0.2, 0) is 25.6 Å². The number of nitrogens with one attached hydrogen (secondary N) is 3. The van der Waals surface area contributed by atoms with Crippen LogP contribution in [0.3, 0.4) is 0 Å². The van der Waals surface area contributed by atoms with Crippen molar-refractivity contribution in [1.29, 1.82) is 0 Å². The van der Waals surface area contributed by atoms with Crippen molar-refractivity contribution in [3.8, 4) is 5.75 Å². The van der Waals surface area contributed by atoms with Crippen molar-refractivity contribution < 1.29 is 34.2 Å². The Balaban J connectivity index is 1.42. The highest BCUT2D eigenvalue weighted by molar-refractivity contribution is 8.01. The number of aromatic hydroxyl groups is 1. The molecule has 0 radical (unpaired) electrons. The van der Waals surface area contributed by atoms with Gasteiger partial charge in [0.2, 0.25) is 11.8 Å². The molecule has 4 atom stereocenters. The predicted octanol–water partition coefficient (Wildman–Crippen LogP) is 1.33. The lowest BCUT2D eigenvalue weighted by Gasteiger charge is -2.44. The highest BCUT2D eigenvalue weighted by Crippen LogP contribution is 2.50. The summed E-state index contributed by atoms with van der Waals surface area (Å²) < 4.78 is -0.757. The standard InChI is InChI=1S/C28H29N5O7S/c1-4-8-16-13-17(11-12-18(16)34)23(36)32-29-14-19(35)30-20(15-9-6-5-7-10-15)24(37)31-21-25(38)33-22(27(39)40)28(2,3)41-26(21)33/h4-7,9-14,20-22,26,34H,1,8H2,2-3H3,(H,30,35)(H,31,37)(H,32,36)(H,39,40)/b29-14+/t20?,21?,22-,26+/m0/s1. The Labute approximate surface area is 239 Å². The Hall–Kier alpha value is -4.65. The maximum atomic E-state index is 13.3. The number of carboxylic acid groups (broad SMARTS) is 1. The van der Waals surface area contributed by atoms with Crippen LogP contribution in [0.1, 0.15) is 41.4 Å². The van der Waals surface area contributed by atoms with E-state index in [1.165, 1.54) is 34.9 Å². The van der Waals surface area contributed by atoms with Gasteiger partial charge in [0.25, 0.3) is 11.8 Å². The number of hydrogen-bond acceptors (Lipinski definition) is 8. The summed E-state index contributed by atoms with van der Waals surface area (Å²) in [6.45, 7) is 7.07. The molecule has 13 heteroatoms. The first kappa shape index (κ1) is 29.3. The molecule has 4 rings (SSSR count). The number of phenolic OH excluding ortho intramolecular Hbond substituents is 1. The van der Waals surface area contributed by atoms with Crippen LogP contribution in [0.2, 0.25) is 0 Å². The second kappa shape index (κ2) is 11.8. The van der Waals surface area contributed by atoms with E-state index < -0.39 is 57.8 Å². The average molecular weight is 580 g/mol. The van der Waals surface area contributed by atoms with Gasteiger partial charge in [0.15, 0.2) is 0 Å². The van der Waals surface area contributed by atoms with Crippen molar-refractivity contribution >= 4 is 47.6 Å². The summed E-state index contributed by atoms with van der Waals surface area (Å²) in [7, 11) is 0. The number of hydrazone groups is 1. The van der Waals surface area contributed by atoms with Gasteiger partial charge in [-0.3, -0.25) is 19.2 Å². The van der Waals surface area contributed by atoms with E-state index in [1.54, 1.807) is 50.3 Å². The van der Waals surface area contributed by atoms with Gasteiger partial charge in [0.05, 0.1) is 0 Å². The molecule has 2 heterocycles. The number of carbonyl (C=O) groups is 5. The molecular weight excluding hydrogens is 550 g/mol. The molecule has 0 spiro atoms. The quantitative estimate of drug-likeness (QED) is 0.121. The molecule has 2 unspecified atom stereocenters. The van der Waals surface area contributed by atoms with Crippen LogP contribution in [0.25, 0.3) is 0 Å². The zero-order chi connectivity index (χ0) is 29.9. The summed E-state index contributed by atoms with van der Waals surface area (Å²) in [6.07, 6.45) is 2.73. The van der Waals surface area contributed by atoms with E-state index in [0.717, 1.165) is 6.21 Å². The zero-order valence-corrected chi connectivity index (χ0v) is 23.1. The molecule has 2 aliphatic heterocycles. The lowest BCUT2D eigenvalue weighted by atomic mass is 9.95. The maximum Gasteiger partial charge on any atom is 0.327 e. The number of carbonyl (C=O) groups excluding carboxylic acids is 4. The van der Waals surface area contributed by atoms with Crippen molar-refractivity contribution in [2.45, 2.75) is 48.5 Å². The molecule has 5 N–H and O–H groups in total. The third kappa shape index (κ3) is 6.09. The molecule has 41 heavy (non-hydrogen) atoms. The van der Waals surface area contributed by atoms with Crippen LogP contribution in [0, 0.1) is 0 Å². The first-order valence-corrected chi connectivity index (χ1v) is 13.5. The fourth-order valence-electron chi connectivity index (χ4n) is 4.77. The number of benzene rings is 2. The minimum absolute atomic E-state index is 0.0165. The second-order valence-electron chi connectivity index (χ2n) is 9.97. The number of fused-ring (bicyclic) bond motifs is 1. The summed E-state index contributed by atoms with van der Waals surface area (Å²) in [4.78, 5) is 64.3. The lowest BCUT2D eigenvalue weighted by molar-refractivity contribution is -0.161. The molecule has 12 nitrogen and oxygen atoms in total. The van der Waals surface area contributed by atoms with Crippen molar-refractivity contribution in [1.82, 2.24) is 21.0 Å².